The van der Waals surface area contributed by atoms with Crippen LogP contribution in [0.2, 0.25) is 5.02 Å². The van der Waals surface area contributed by atoms with Gasteiger partial charge in [0.15, 0.2) is 5.16 Å². The Bertz CT molecular complexity index is 1170. The Morgan fingerprint density at radius 3 is 2.50 bits per heavy atom. The van der Waals surface area contributed by atoms with E-state index in [2.05, 4.69) is 20.8 Å². The van der Waals surface area contributed by atoms with Gasteiger partial charge in [0, 0.05) is 12.2 Å². The lowest BCUT2D eigenvalue weighted by Gasteiger charge is -2.10. The minimum absolute atomic E-state index is 0.0360. The molecule has 0 aliphatic rings. The fourth-order valence-corrected chi connectivity index (χ4v) is 4.01. The van der Waals surface area contributed by atoms with Crippen LogP contribution in [0.3, 0.4) is 0 Å². The molecule has 0 aliphatic heterocycles. The van der Waals surface area contributed by atoms with E-state index in [-0.39, 0.29) is 30.6 Å². The number of carbonyl (C=O) groups excluding carboxylic acids is 3. The number of carbonyl (C=O) groups is 3. The number of esters is 1. The van der Waals surface area contributed by atoms with Gasteiger partial charge >= 0.3 is 5.97 Å². The summed E-state index contributed by atoms with van der Waals surface area (Å²) in [5, 5.41) is 14.6. The molecule has 0 atom stereocenters. The van der Waals surface area contributed by atoms with Crippen molar-refractivity contribution in [3.05, 3.63) is 64.9 Å². The first-order valence-electron chi connectivity index (χ1n) is 10.6. The molecule has 0 unspecified atom stereocenters. The van der Waals surface area contributed by atoms with Gasteiger partial charge in [-0.2, -0.15) is 0 Å². The maximum Gasteiger partial charge on any atom is 0.338 e. The number of hydrogen-bond acceptors (Lipinski definition) is 7. The molecule has 1 heterocycles. The molecule has 0 saturated carbocycles. The number of aromatic nitrogens is 3. The highest BCUT2D eigenvalue weighted by Gasteiger charge is 2.17. The van der Waals surface area contributed by atoms with E-state index in [1.54, 1.807) is 23.6 Å². The van der Waals surface area contributed by atoms with Crippen molar-refractivity contribution >= 4 is 52.5 Å². The van der Waals surface area contributed by atoms with E-state index in [4.69, 9.17) is 16.3 Å². The number of anilines is 2. The van der Waals surface area contributed by atoms with Gasteiger partial charge in [0.25, 0.3) is 0 Å². The fourth-order valence-electron chi connectivity index (χ4n) is 3.02. The van der Waals surface area contributed by atoms with Crippen molar-refractivity contribution in [2.45, 2.75) is 32.0 Å². The summed E-state index contributed by atoms with van der Waals surface area (Å²) in [6.07, 6.45) is 0.0543. The van der Waals surface area contributed by atoms with E-state index < -0.39 is 5.97 Å². The Labute approximate surface area is 206 Å². The van der Waals surface area contributed by atoms with Crippen LogP contribution in [0.15, 0.2) is 53.7 Å². The zero-order valence-electron chi connectivity index (χ0n) is 18.7. The predicted octanol–water partition coefficient (Wildman–Crippen LogP) is 4.04. The normalized spacial score (nSPS) is 10.6. The predicted molar refractivity (Wildman–Crippen MR) is 131 cm³/mol. The summed E-state index contributed by atoms with van der Waals surface area (Å²) >= 11 is 7.34. The van der Waals surface area contributed by atoms with Gasteiger partial charge in [0.05, 0.1) is 35.1 Å². The molecule has 2 amide bonds. The average molecular weight is 502 g/mol. The van der Waals surface area contributed by atoms with Crippen LogP contribution in [0.4, 0.5) is 11.4 Å². The first kappa shape index (κ1) is 25.3. The summed E-state index contributed by atoms with van der Waals surface area (Å²) < 4.78 is 6.76. The summed E-state index contributed by atoms with van der Waals surface area (Å²) in [4.78, 5) is 36.8. The zero-order valence-corrected chi connectivity index (χ0v) is 20.3. The van der Waals surface area contributed by atoms with Gasteiger partial charge in [0.2, 0.25) is 11.8 Å². The van der Waals surface area contributed by atoms with Gasteiger partial charge < -0.3 is 19.9 Å². The third-order valence-corrected chi connectivity index (χ3v) is 5.87. The Balaban J connectivity index is 1.60. The number of ether oxygens (including phenoxy) is 1. The molecule has 3 rings (SSSR count). The average Bonchev–Trinajstić information content (AvgIpc) is 3.21. The molecule has 0 bridgehead atoms. The lowest BCUT2D eigenvalue weighted by Crippen LogP contribution is -2.18. The number of nitrogens with one attached hydrogen (secondary N) is 2. The van der Waals surface area contributed by atoms with Crippen LogP contribution >= 0.6 is 23.4 Å². The molecule has 11 heteroatoms. The van der Waals surface area contributed by atoms with Crippen LogP contribution in [0.5, 0.6) is 0 Å². The highest BCUT2D eigenvalue weighted by molar-refractivity contribution is 7.99. The van der Waals surface area contributed by atoms with Gasteiger partial charge in [-0.05, 0) is 44.2 Å². The molecule has 9 nitrogen and oxygen atoms in total. The standard InChI is InChI=1S/C23H24ClN5O4S/c1-3-29-19(13-20(30)25-16-8-6-5-7-9-16)27-28-23(29)34-14-21(31)26-18-12-15(10-11-17(18)24)22(32)33-4-2/h5-12H,3-4,13-14H2,1-2H3,(H,25,30)(H,26,31). The minimum atomic E-state index is -0.496. The van der Waals surface area contributed by atoms with Crippen LogP contribution in [0, 0.1) is 0 Å². The van der Waals surface area contributed by atoms with Gasteiger partial charge in [-0.15, -0.1) is 10.2 Å². The van der Waals surface area contributed by atoms with Crippen molar-refractivity contribution in [2.75, 3.05) is 23.0 Å². The SMILES string of the molecule is CCOC(=O)c1ccc(Cl)c(NC(=O)CSc2nnc(CC(=O)Nc3ccccc3)n2CC)c1. The Morgan fingerprint density at radius 1 is 1.03 bits per heavy atom. The van der Waals surface area contributed by atoms with Crippen LogP contribution in [-0.4, -0.2) is 44.9 Å². The van der Waals surface area contributed by atoms with Crippen LogP contribution in [0.1, 0.15) is 30.0 Å². The maximum absolute atomic E-state index is 12.5. The minimum Gasteiger partial charge on any atom is -0.462 e. The summed E-state index contributed by atoms with van der Waals surface area (Å²) in [7, 11) is 0. The quantitative estimate of drug-likeness (QED) is 0.318. The highest BCUT2D eigenvalue weighted by atomic mass is 35.5. The number of halogens is 1. The summed E-state index contributed by atoms with van der Waals surface area (Å²) in [6, 6.07) is 13.7. The Hall–Kier alpha value is -3.37. The summed E-state index contributed by atoms with van der Waals surface area (Å²) in [6.45, 7) is 4.41. The third-order valence-electron chi connectivity index (χ3n) is 4.57. The Morgan fingerprint density at radius 2 is 1.79 bits per heavy atom. The lowest BCUT2D eigenvalue weighted by atomic mass is 10.2. The summed E-state index contributed by atoms with van der Waals surface area (Å²) in [5.74, 6) is -0.498. The van der Waals surface area contributed by atoms with E-state index in [0.717, 1.165) is 0 Å². The number of benzene rings is 2. The molecule has 0 fully saturated rings. The molecule has 2 aromatic carbocycles. The second kappa shape index (κ2) is 12.2. The number of thioether (sulfide) groups is 1. The fraction of sp³-hybridized carbons (Fsp3) is 0.261. The molecular formula is C23H24ClN5O4S. The number of rotatable bonds is 10. The second-order valence-corrected chi connectivity index (χ2v) is 8.34. The van der Waals surface area contributed by atoms with E-state index in [1.807, 2.05) is 25.1 Å². The van der Waals surface area contributed by atoms with Gasteiger partial charge in [-0.25, -0.2) is 4.79 Å². The molecule has 1 aromatic heterocycles. The topological polar surface area (TPSA) is 115 Å². The Kier molecular flexibility index (Phi) is 9.06. The molecule has 0 spiro atoms. The van der Waals surface area contributed by atoms with Crippen LogP contribution < -0.4 is 10.6 Å². The van der Waals surface area contributed by atoms with E-state index in [9.17, 15) is 14.4 Å². The molecule has 2 N–H and O–H groups in total. The lowest BCUT2D eigenvalue weighted by molar-refractivity contribution is -0.116. The van der Waals surface area contributed by atoms with Gasteiger partial charge in [-0.1, -0.05) is 41.6 Å². The molecule has 34 heavy (non-hydrogen) atoms. The highest BCUT2D eigenvalue weighted by Crippen LogP contribution is 2.25. The number of para-hydroxylation sites is 1. The van der Waals surface area contributed by atoms with Crippen LogP contribution in [-0.2, 0) is 27.3 Å². The second-order valence-electron chi connectivity index (χ2n) is 6.99. The van der Waals surface area contributed by atoms with Crippen molar-refractivity contribution in [2.24, 2.45) is 0 Å². The molecule has 178 valence electrons. The first-order chi connectivity index (χ1) is 16.4. The van der Waals surface area contributed by atoms with Gasteiger partial charge in [0.1, 0.15) is 5.82 Å². The smallest absolute Gasteiger partial charge is 0.338 e. The maximum atomic E-state index is 12.5. The molecule has 0 radical (unpaired) electrons. The number of nitrogens with zero attached hydrogens (tertiary/aromatic N) is 3. The van der Waals surface area contributed by atoms with Gasteiger partial charge in [-0.3, -0.25) is 9.59 Å². The number of amides is 2. The van der Waals surface area contributed by atoms with E-state index in [1.165, 1.54) is 30.0 Å². The van der Waals surface area contributed by atoms with E-state index in [0.29, 0.717) is 39.5 Å². The van der Waals surface area contributed by atoms with Crippen LogP contribution in [0.25, 0.3) is 0 Å². The largest absolute Gasteiger partial charge is 0.462 e. The molecule has 0 saturated heterocycles. The molecule has 3 aromatic rings. The first-order valence-corrected chi connectivity index (χ1v) is 11.9. The number of hydrogen-bond donors (Lipinski definition) is 2. The van der Waals surface area contributed by atoms with Crippen molar-refractivity contribution in [1.82, 2.24) is 14.8 Å². The molecular weight excluding hydrogens is 478 g/mol. The van der Waals surface area contributed by atoms with Crippen molar-refractivity contribution < 1.29 is 19.1 Å². The molecule has 0 aliphatic carbocycles. The van der Waals surface area contributed by atoms with Crippen molar-refractivity contribution in [3.63, 3.8) is 0 Å². The van der Waals surface area contributed by atoms with E-state index >= 15 is 0 Å². The monoisotopic (exact) mass is 501 g/mol. The van der Waals surface area contributed by atoms with Crippen molar-refractivity contribution in [3.8, 4) is 0 Å². The zero-order chi connectivity index (χ0) is 24.5. The summed E-state index contributed by atoms with van der Waals surface area (Å²) in [5.41, 5.74) is 1.30. The third kappa shape index (κ3) is 6.82. The van der Waals surface area contributed by atoms with Crippen molar-refractivity contribution in [1.29, 1.82) is 0 Å².